The summed E-state index contributed by atoms with van der Waals surface area (Å²) in [6.07, 6.45) is 0. The number of benzene rings is 2. The van der Waals surface area contributed by atoms with Crippen molar-refractivity contribution in [3.63, 3.8) is 0 Å². The highest BCUT2D eigenvalue weighted by Crippen LogP contribution is 2.28. The fourth-order valence-corrected chi connectivity index (χ4v) is 2.44. The summed E-state index contributed by atoms with van der Waals surface area (Å²) in [5.74, 6) is -0.284. The van der Waals surface area contributed by atoms with Crippen LogP contribution in [0.5, 0.6) is 0 Å². The molecule has 0 saturated heterocycles. The van der Waals surface area contributed by atoms with Crippen molar-refractivity contribution < 1.29 is 4.39 Å². The maximum atomic E-state index is 14.1. The van der Waals surface area contributed by atoms with Crippen molar-refractivity contribution >= 4 is 11.6 Å². The lowest BCUT2D eigenvalue weighted by Crippen LogP contribution is -2.20. The minimum absolute atomic E-state index is 0.169. The summed E-state index contributed by atoms with van der Waals surface area (Å²) in [6.45, 7) is 4.07. The number of hydrogen-bond donors (Lipinski definition) is 1. The van der Waals surface area contributed by atoms with E-state index in [1.807, 2.05) is 20.9 Å². The van der Waals surface area contributed by atoms with Crippen LogP contribution in [0.2, 0.25) is 5.02 Å². The first-order valence-corrected chi connectivity index (χ1v) is 6.60. The Labute approximate surface area is 118 Å². The quantitative estimate of drug-likeness (QED) is 0.876. The zero-order valence-corrected chi connectivity index (χ0v) is 12.1. The summed E-state index contributed by atoms with van der Waals surface area (Å²) >= 11 is 5.81. The molecule has 2 aromatic rings. The van der Waals surface area contributed by atoms with Crippen molar-refractivity contribution in [2.24, 2.45) is 0 Å². The van der Waals surface area contributed by atoms with Crippen molar-refractivity contribution in [1.82, 2.24) is 5.32 Å². The monoisotopic (exact) mass is 277 g/mol. The van der Waals surface area contributed by atoms with E-state index in [4.69, 9.17) is 11.6 Å². The fraction of sp³-hybridized carbons (Fsp3) is 0.250. The number of aryl methyl sites for hydroxylation is 2. The first kappa shape index (κ1) is 14.0. The molecular weight excluding hydrogens is 261 g/mol. The fourth-order valence-electron chi connectivity index (χ4n) is 2.29. The molecular formula is C16H17ClFN. The van der Waals surface area contributed by atoms with Crippen LogP contribution < -0.4 is 5.32 Å². The summed E-state index contributed by atoms with van der Waals surface area (Å²) in [5, 5.41) is 3.59. The molecule has 0 aliphatic carbocycles. The molecule has 19 heavy (non-hydrogen) atoms. The van der Waals surface area contributed by atoms with Gasteiger partial charge in [0.15, 0.2) is 0 Å². The predicted molar refractivity (Wildman–Crippen MR) is 78.2 cm³/mol. The predicted octanol–water partition coefficient (Wildman–Crippen LogP) is 4.40. The molecule has 0 aromatic heterocycles. The van der Waals surface area contributed by atoms with Gasteiger partial charge in [0.25, 0.3) is 0 Å². The molecule has 0 heterocycles. The minimum atomic E-state index is -0.284. The van der Waals surface area contributed by atoms with Crippen LogP contribution in [-0.2, 0) is 0 Å². The van der Waals surface area contributed by atoms with Gasteiger partial charge in [-0.15, -0.1) is 0 Å². The Bertz CT molecular complexity index is 595. The Morgan fingerprint density at radius 1 is 1.05 bits per heavy atom. The van der Waals surface area contributed by atoms with Crippen molar-refractivity contribution in [2.75, 3.05) is 7.05 Å². The number of hydrogen-bond acceptors (Lipinski definition) is 1. The van der Waals surface area contributed by atoms with Crippen LogP contribution >= 0.6 is 11.6 Å². The van der Waals surface area contributed by atoms with E-state index in [-0.39, 0.29) is 11.9 Å². The molecule has 0 spiro atoms. The third-order valence-electron chi connectivity index (χ3n) is 3.31. The van der Waals surface area contributed by atoms with Crippen molar-refractivity contribution in [3.05, 3.63) is 69.5 Å². The van der Waals surface area contributed by atoms with Gasteiger partial charge in [0.05, 0.1) is 6.04 Å². The van der Waals surface area contributed by atoms with Crippen LogP contribution in [-0.4, -0.2) is 7.05 Å². The Balaban J connectivity index is 2.52. The molecule has 0 radical (unpaired) electrons. The van der Waals surface area contributed by atoms with Gasteiger partial charge in [-0.25, -0.2) is 4.39 Å². The molecule has 0 fully saturated rings. The van der Waals surface area contributed by atoms with E-state index in [1.54, 1.807) is 12.1 Å². The summed E-state index contributed by atoms with van der Waals surface area (Å²) in [4.78, 5) is 0. The maximum Gasteiger partial charge on any atom is 0.129 e. The molecule has 0 aliphatic heterocycles. The number of halogens is 2. The van der Waals surface area contributed by atoms with Crippen LogP contribution in [0.25, 0.3) is 0 Å². The smallest absolute Gasteiger partial charge is 0.129 e. The minimum Gasteiger partial charge on any atom is -0.309 e. The number of rotatable bonds is 3. The largest absolute Gasteiger partial charge is 0.309 e. The van der Waals surface area contributed by atoms with Gasteiger partial charge in [-0.2, -0.15) is 0 Å². The normalized spacial score (nSPS) is 12.5. The van der Waals surface area contributed by atoms with E-state index in [2.05, 4.69) is 23.5 Å². The van der Waals surface area contributed by atoms with Gasteiger partial charge >= 0.3 is 0 Å². The summed E-state index contributed by atoms with van der Waals surface area (Å²) in [5.41, 5.74) is 4.00. The molecule has 0 aliphatic rings. The van der Waals surface area contributed by atoms with E-state index >= 15 is 0 Å². The van der Waals surface area contributed by atoms with Crippen LogP contribution in [0.3, 0.4) is 0 Å². The zero-order valence-electron chi connectivity index (χ0n) is 11.3. The number of nitrogens with one attached hydrogen (secondary N) is 1. The Morgan fingerprint density at radius 2 is 1.79 bits per heavy atom. The van der Waals surface area contributed by atoms with E-state index in [0.29, 0.717) is 10.6 Å². The molecule has 2 rings (SSSR count). The third-order valence-corrected chi connectivity index (χ3v) is 3.54. The van der Waals surface area contributed by atoms with Crippen LogP contribution in [0.1, 0.15) is 28.3 Å². The third kappa shape index (κ3) is 2.96. The van der Waals surface area contributed by atoms with Crippen LogP contribution in [0.4, 0.5) is 4.39 Å². The Morgan fingerprint density at radius 3 is 2.42 bits per heavy atom. The first-order valence-electron chi connectivity index (χ1n) is 6.22. The van der Waals surface area contributed by atoms with Gasteiger partial charge < -0.3 is 5.32 Å². The maximum absolute atomic E-state index is 14.1. The molecule has 3 heteroatoms. The molecule has 1 N–H and O–H groups in total. The molecule has 100 valence electrons. The van der Waals surface area contributed by atoms with Crippen molar-refractivity contribution in [2.45, 2.75) is 19.9 Å². The Kier molecular flexibility index (Phi) is 4.23. The molecule has 0 bridgehead atoms. The SMILES string of the molecule is CNC(c1cc(C)ccc1C)c1ccc(Cl)cc1F. The Hall–Kier alpha value is -1.38. The second-order valence-corrected chi connectivity index (χ2v) is 5.18. The molecule has 2 aromatic carbocycles. The van der Waals surface area contributed by atoms with Crippen LogP contribution in [0, 0.1) is 19.7 Å². The topological polar surface area (TPSA) is 12.0 Å². The van der Waals surface area contributed by atoms with Gasteiger partial charge in [0, 0.05) is 10.6 Å². The standard InChI is InChI=1S/C16H17ClFN/c1-10-4-5-11(2)14(8-10)16(19-3)13-7-6-12(17)9-15(13)18/h4-9,16,19H,1-3H3. The second-order valence-electron chi connectivity index (χ2n) is 4.75. The molecule has 1 unspecified atom stereocenters. The van der Waals surface area contributed by atoms with Gasteiger partial charge in [-0.1, -0.05) is 41.4 Å². The highest BCUT2D eigenvalue weighted by Gasteiger charge is 2.18. The van der Waals surface area contributed by atoms with E-state index in [9.17, 15) is 4.39 Å². The van der Waals surface area contributed by atoms with Crippen molar-refractivity contribution in [1.29, 1.82) is 0 Å². The lowest BCUT2D eigenvalue weighted by atomic mass is 9.93. The van der Waals surface area contributed by atoms with Gasteiger partial charge in [0.2, 0.25) is 0 Å². The van der Waals surface area contributed by atoms with E-state index in [1.165, 1.54) is 6.07 Å². The van der Waals surface area contributed by atoms with Gasteiger partial charge in [-0.05, 0) is 44.2 Å². The lowest BCUT2D eigenvalue weighted by Gasteiger charge is -2.20. The second kappa shape index (κ2) is 5.72. The highest BCUT2D eigenvalue weighted by atomic mass is 35.5. The van der Waals surface area contributed by atoms with Crippen LogP contribution in [0.15, 0.2) is 36.4 Å². The molecule has 0 amide bonds. The van der Waals surface area contributed by atoms with E-state index < -0.39 is 0 Å². The van der Waals surface area contributed by atoms with Crippen molar-refractivity contribution in [3.8, 4) is 0 Å². The average molecular weight is 278 g/mol. The summed E-state index contributed by atoms with van der Waals surface area (Å²) < 4.78 is 14.1. The lowest BCUT2D eigenvalue weighted by molar-refractivity contribution is 0.575. The average Bonchev–Trinajstić information content (AvgIpc) is 2.36. The summed E-state index contributed by atoms with van der Waals surface area (Å²) in [7, 11) is 1.83. The summed E-state index contributed by atoms with van der Waals surface area (Å²) in [6, 6.07) is 10.8. The molecule has 1 atom stereocenters. The van der Waals surface area contributed by atoms with Gasteiger partial charge in [0.1, 0.15) is 5.82 Å². The zero-order chi connectivity index (χ0) is 14.0. The molecule has 1 nitrogen and oxygen atoms in total. The highest BCUT2D eigenvalue weighted by molar-refractivity contribution is 6.30. The first-order chi connectivity index (χ1) is 9.02. The molecule has 0 saturated carbocycles. The van der Waals surface area contributed by atoms with E-state index in [0.717, 1.165) is 16.7 Å². The van der Waals surface area contributed by atoms with Gasteiger partial charge in [-0.3, -0.25) is 0 Å².